The van der Waals surface area contributed by atoms with Crippen molar-refractivity contribution in [3.05, 3.63) is 50.9 Å². The first kappa shape index (κ1) is 9.20. The Morgan fingerprint density at radius 1 is 1.33 bits per heavy atom. The van der Waals surface area contributed by atoms with Crippen LogP contribution in [0.2, 0.25) is 0 Å². The summed E-state index contributed by atoms with van der Waals surface area (Å²) in [5.74, 6) is 0. The van der Waals surface area contributed by atoms with E-state index in [1.807, 2.05) is 0 Å². The highest BCUT2D eigenvalue weighted by Crippen LogP contribution is 2.20. The number of aromatic nitrogens is 2. The van der Waals surface area contributed by atoms with Gasteiger partial charge in [0.05, 0.1) is 10.5 Å². The maximum atomic E-state index is 11.2. The first-order valence-electron chi connectivity index (χ1n) is 4.19. The van der Waals surface area contributed by atoms with Gasteiger partial charge in [-0.15, -0.1) is 0 Å². The van der Waals surface area contributed by atoms with E-state index in [1.165, 1.54) is 18.3 Å². The molecule has 1 aromatic carbocycles. The molecule has 76 valence electrons. The molecule has 1 heterocycles. The Morgan fingerprint density at radius 3 is 2.73 bits per heavy atom. The number of nitro groups is 1. The van der Waals surface area contributed by atoms with Crippen molar-refractivity contribution in [3.8, 4) is 11.1 Å². The van der Waals surface area contributed by atoms with E-state index in [0.29, 0.717) is 11.1 Å². The third-order valence-corrected chi connectivity index (χ3v) is 2.01. The lowest BCUT2D eigenvalue weighted by atomic mass is 10.1. The lowest BCUT2D eigenvalue weighted by Crippen LogP contribution is -2.01. The van der Waals surface area contributed by atoms with Gasteiger partial charge in [-0.25, -0.2) is 0 Å². The standard InChI is InChI=1S/C9H7N3O3/c13-9-8(5-10-11-9)6-2-1-3-7(4-6)12(14)15/h1-5H,(H2,10,11,13). The van der Waals surface area contributed by atoms with E-state index in [9.17, 15) is 14.9 Å². The highest BCUT2D eigenvalue weighted by molar-refractivity contribution is 5.64. The summed E-state index contributed by atoms with van der Waals surface area (Å²) in [5.41, 5.74) is 0.578. The van der Waals surface area contributed by atoms with Crippen LogP contribution in [-0.4, -0.2) is 15.1 Å². The van der Waals surface area contributed by atoms with Crippen LogP contribution in [0.5, 0.6) is 0 Å². The molecule has 0 aliphatic rings. The zero-order valence-electron chi connectivity index (χ0n) is 7.56. The van der Waals surface area contributed by atoms with E-state index in [-0.39, 0.29) is 11.2 Å². The lowest BCUT2D eigenvalue weighted by Gasteiger charge is -1.95. The predicted molar refractivity (Wildman–Crippen MR) is 53.5 cm³/mol. The van der Waals surface area contributed by atoms with Gasteiger partial charge in [0, 0.05) is 18.3 Å². The van der Waals surface area contributed by atoms with Crippen molar-refractivity contribution >= 4 is 5.69 Å². The first-order chi connectivity index (χ1) is 7.18. The van der Waals surface area contributed by atoms with Gasteiger partial charge >= 0.3 is 0 Å². The maximum absolute atomic E-state index is 11.2. The van der Waals surface area contributed by atoms with Crippen molar-refractivity contribution in [3.63, 3.8) is 0 Å². The third kappa shape index (κ3) is 1.64. The second kappa shape index (κ2) is 3.41. The van der Waals surface area contributed by atoms with E-state index in [1.54, 1.807) is 12.1 Å². The highest BCUT2D eigenvalue weighted by Gasteiger charge is 2.09. The molecular weight excluding hydrogens is 198 g/mol. The van der Waals surface area contributed by atoms with Crippen molar-refractivity contribution in [2.75, 3.05) is 0 Å². The number of hydrogen-bond donors (Lipinski definition) is 2. The molecule has 0 unspecified atom stereocenters. The van der Waals surface area contributed by atoms with Gasteiger partial charge in [0.1, 0.15) is 0 Å². The minimum absolute atomic E-state index is 0.0342. The third-order valence-electron chi connectivity index (χ3n) is 2.01. The maximum Gasteiger partial charge on any atom is 0.271 e. The number of nitrogens with zero attached hydrogens (tertiary/aromatic N) is 1. The molecule has 1 aromatic heterocycles. The molecule has 6 nitrogen and oxygen atoms in total. The predicted octanol–water partition coefficient (Wildman–Crippen LogP) is 1.28. The zero-order valence-corrected chi connectivity index (χ0v) is 7.56. The summed E-state index contributed by atoms with van der Waals surface area (Å²) in [6, 6.07) is 5.92. The topological polar surface area (TPSA) is 91.8 Å². The average Bonchev–Trinajstić information content (AvgIpc) is 2.64. The molecule has 0 aliphatic carbocycles. The fourth-order valence-corrected chi connectivity index (χ4v) is 1.31. The van der Waals surface area contributed by atoms with Crippen molar-refractivity contribution in [1.82, 2.24) is 10.2 Å². The van der Waals surface area contributed by atoms with Gasteiger partial charge in [-0.2, -0.15) is 0 Å². The van der Waals surface area contributed by atoms with Crippen LogP contribution in [0.1, 0.15) is 0 Å². The van der Waals surface area contributed by atoms with E-state index in [4.69, 9.17) is 0 Å². The minimum atomic E-state index is -0.496. The fraction of sp³-hybridized carbons (Fsp3) is 0. The molecule has 0 spiro atoms. The van der Waals surface area contributed by atoms with E-state index < -0.39 is 4.92 Å². The number of hydrogen-bond acceptors (Lipinski definition) is 3. The Labute approximate surface area is 83.7 Å². The molecular formula is C9H7N3O3. The molecule has 2 rings (SSSR count). The van der Waals surface area contributed by atoms with Crippen LogP contribution >= 0.6 is 0 Å². The number of nitrogens with one attached hydrogen (secondary N) is 2. The molecule has 0 atom stereocenters. The van der Waals surface area contributed by atoms with Crippen LogP contribution < -0.4 is 5.56 Å². The SMILES string of the molecule is O=c1[nH][nH]cc1-c1cccc([N+](=O)[O-])c1. The number of rotatable bonds is 2. The smallest absolute Gasteiger partial charge is 0.271 e. The number of nitro benzene ring substituents is 1. The van der Waals surface area contributed by atoms with Crippen LogP contribution in [0, 0.1) is 10.1 Å². The second-order valence-corrected chi connectivity index (χ2v) is 2.96. The summed E-state index contributed by atoms with van der Waals surface area (Å²) in [6.45, 7) is 0. The van der Waals surface area contributed by atoms with Gasteiger partial charge in [0.25, 0.3) is 11.2 Å². The minimum Gasteiger partial charge on any atom is -0.305 e. The van der Waals surface area contributed by atoms with Gasteiger partial charge in [-0.05, 0) is 5.56 Å². The van der Waals surface area contributed by atoms with Crippen molar-refractivity contribution < 1.29 is 4.92 Å². The second-order valence-electron chi connectivity index (χ2n) is 2.96. The normalized spacial score (nSPS) is 10.1. The summed E-state index contributed by atoms with van der Waals surface area (Å²) >= 11 is 0. The molecule has 15 heavy (non-hydrogen) atoms. The summed E-state index contributed by atoms with van der Waals surface area (Å²) in [4.78, 5) is 21.3. The Morgan fingerprint density at radius 2 is 2.13 bits per heavy atom. The largest absolute Gasteiger partial charge is 0.305 e. The number of aromatic amines is 2. The Bertz CT molecular complexity index is 555. The molecule has 0 saturated heterocycles. The van der Waals surface area contributed by atoms with Crippen LogP contribution in [-0.2, 0) is 0 Å². The van der Waals surface area contributed by atoms with Gasteiger partial charge in [0.15, 0.2) is 0 Å². The fourth-order valence-electron chi connectivity index (χ4n) is 1.31. The highest BCUT2D eigenvalue weighted by atomic mass is 16.6. The number of benzene rings is 1. The van der Waals surface area contributed by atoms with Crippen LogP contribution in [0.25, 0.3) is 11.1 Å². The molecule has 0 saturated carbocycles. The first-order valence-corrected chi connectivity index (χ1v) is 4.19. The van der Waals surface area contributed by atoms with Gasteiger partial charge in [0.2, 0.25) is 0 Å². The van der Waals surface area contributed by atoms with E-state index in [2.05, 4.69) is 10.2 Å². The Kier molecular flexibility index (Phi) is 2.09. The van der Waals surface area contributed by atoms with Crippen LogP contribution in [0.15, 0.2) is 35.3 Å². The summed E-state index contributed by atoms with van der Waals surface area (Å²) in [5, 5.41) is 15.4. The quantitative estimate of drug-likeness (QED) is 0.571. The van der Waals surface area contributed by atoms with Gasteiger partial charge < -0.3 is 5.10 Å². The monoisotopic (exact) mass is 205 g/mol. The average molecular weight is 205 g/mol. The summed E-state index contributed by atoms with van der Waals surface area (Å²) < 4.78 is 0. The van der Waals surface area contributed by atoms with Crippen LogP contribution in [0.3, 0.4) is 0 Å². The van der Waals surface area contributed by atoms with Gasteiger partial charge in [-0.3, -0.25) is 20.0 Å². The molecule has 2 aromatic rings. The van der Waals surface area contributed by atoms with Crippen LogP contribution in [0.4, 0.5) is 5.69 Å². The van der Waals surface area contributed by atoms with E-state index >= 15 is 0 Å². The molecule has 0 amide bonds. The summed E-state index contributed by atoms with van der Waals surface area (Å²) in [7, 11) is 0. The Balaban J connectivity index is 2.55. The summed E-state index contributed by atoms with van der Waals surface area (Å²) in [6.07, 6.45) is 1.47. The number of non-ortho nitro benzene ring substituents is 1. The lowest BCUT2D eigenvalue weighted by molar-refractivity contribution is -0.384. The molecule has 0 radical (unpaired) electrons. The molecule has 0 fully saturated rings. The van der Waals surface area contributed by atoms with Crippen molar-refractivity contribution in [2.24, 2.45) is 0 Å². The van der Waals surface area contributed by atoms with Gasteiger partial charge in [-0.1, -0.05) is 12.1 Å². The zero-order chi connectivity index (χ0) is 10.8. The molecule has 6 heteroatoms. The number of H-pyrrole nitrogens is 2. The molecule has 0 bridgehead atoms. The van der Waals surface area contributed by atoms with E-state index in [0.717, 1.165) is 0 Å². The molecule has 2 N–H and O–H groups in total. The van der Waals surface area contributed by atoms with Crippen molar-refractivity contribution in [2.45, 2.75) is 0 Å². The Hall–Kier alpha value is -2.37. The van der Waals surface area contributed by atoms with Crippen molar-refractivity contribution in [1.29, 1.82) is 0 Å². The molecule has 0 aliphatic heterocycles.